The molecule has 0 heterocycles. The molecule has 2 heteroatoms. The van der Waals surface area contributed by atoms with Crippen molar-refractivity contribution in [3.05, 3.63) is 34.9 Å². The lowest BCUT2D eigenvalue weighted by atomic mass is 9.98. The first-order valence-electron chi connectivity index (χ1n) is 6.80. The molecule has 1 aromatic carbocycles. The summed E-state index contributed by atoms with van der Waals surface area (Å²) in [6.45, 7) is 8.19. The summed E-state index contributed by atoms with van der Waals surface area (Å²) in [5.74, 6) is 0.194. The minimum absolute atomic E-state index is 0.0359. The molecule has 0 aromatic heterocycles. The topological polar surface area (TPSA) is 29.1 Å². The fraction of sp³-hybridized carbons (Fsp3) is 0.562. The second-order valence-electron chi connectivity index (χ2n) is 6.32. The average molecular weight is 245 g/mol. The minimum Gasteiger partial charge on any atom is -0.303 e. The fourth-order valence-electron chi connectivity index (χ4n) is 2.69. The Hall–Kier alpha value is -1.15. The van der Waals surface area contributed by atoms with Gasteiger partial charge in [0, 0.05) is 11.1 Å². The van der Waals surface area contributed by atoms with Crippen LogP contribution in [0.3, 0.4) is 0 Å². The highest BCUT2D eigenvalue weighted by atomic mass is 16.1. The van der Waals surface area contributed by atoms with Crippen LogP contribution < -0.4 is 5.32 Å². The standard InChI is InChI=1S/C16H23NO/c1-11(17-16(2,3)4)15(18)14-9-8-12-6-5-7-13(12)10-14/h8-11,17H,5-7H2,1-4H3. The van der Waals surface area contributed by atoms with E-state index in [4.69, 9.17) is 0 Å². The minimum atomic E-state index is -0.135. The van der Waals surface area contributed by atoms with Crippen molar-refractivity contribution in [2.75, 3.05) is 0 Å². The molecule has 0 radical (unpaired) electrons. The van der Waals surface area contributed by atoms with E-state index in [0.717, 1.165) is 12.0 Å². The van der Waals surface area contributed by atoms with Gasteiger partial charge in [-0.2, -0.15) is 0 Å². The van der Waals surface area contributed by atoms with E-state index in [1.165, 1.54) is 24.0 Å². The number of fused-ring (bicyclic) bond motifs is 1. The van der Waals surface area contributed by atoms with E-state index >= 15 is 0 Å². The van der Waals surface area contributed by atoms with E-state index in [1.807, 2.05) is 13.0 Å². The number of Topliss-reactive ketones (excluding diaryl/α,β-unsaturated/α-hetero) is 1. The van der Waals surface area contributed by atoms with E-state index in [-0.39, 0.29) is 17.4 Å². The predicted octanol–water partition coefficient (Wildman–Crippen LogP) is 3.13. The highest BCUT2D eigenvalue weighted by molar-refractivity contribution is 6.00. The van der Waals surface area contributed by atoms with E-state index in [2.05, 4.69) is 38.2 Å². The van der Waals surface area contributed by atoms with Gasteiger partial charge < -0.3 is 5.32 Å². The molecule has 1 N–H and O–H groups in total. The van der Waals surface area contributed by atoms with E-state index in [9.17, 15) is 4.79 Å². The van der Waals surface area contributed by atoms with Crippen LogP contribution in [-0.2, 0) is 12.8 Å². The Morgan fingerprint density at radius 1 is 1.22 bits per heavy atom. The first-order chi connectivity index (χ1) is 8.37. The number of hydrogen-bond donors (Lipinski definition) is 1. The lowest BCUT2D eigenvalue weighted by Crippen LogP contribution is -2.46. The van der Waals surface area contributed by atoms with Crippen LogP contribution in [0.2, 0.25) is 0 Å². The summed E-state index contributed by atoms with van der Waals surface area (Å²) in [5, 5.41) is 3.34. The van der Waals surface area contributed by atoms with Crippen molar-refractivity contribution in [2.45, 2.75) is 58.5 Å². The van der Waals surface area contributed by atoms with Gasteiger partial charge in [-0.05, 0) is 64.2 Å². The molecule has 0 saturated heterocycles. The molecule has 1 aliphatic carbocycles. The number of carbonyl (C=O) groups is 1. The summed E-state index contributed by atoms with van der Waals surface area (Å²) in [6.07, 6.45) is 3.51. The SMILES string of the molecule is CC(NC(C)(C)C)C(=O)c1ccc2c(c1)CCC2. The molecular weight excluding hydrogens is 222 g/mol. The predicted molar refractivity (Wildman–Crippen MR) is 75.1 cm³/mol. The molecule has 1 atom stereocenters. The molecule has 0 amide bonds. The average Bonchev–Trinajstić information content (AvgIpc) is 2.72. The fourth-order valence-corrected chi connectivity index (χ4v) is 2.69. The van der Waals surface area contributed by atoms with Gasteiger partial charge >= 0.3 is 0 Å². The van der Waals surface area contributed by atoms with Gasteiger partial charge in [0.05, 0.1) is 6.04 Å². The maximum Gasteiger partial charge on any atom is 0.179 e. The van der Waals surface area contributed by atoms with Gasteiger partial charge in [-0.3, -0.25) is 4.79 Å². The normalized spacial score (nSPS) is 16.4. The Bertz CT molecular complexity index is 457. The second kappa shape index (κ2) is 4.85. The van der Waals surface area contributed by atoms with Crippen molar-refractivity contribution in [3.63, 3.8) is 0 Å². The van der Waals surface area contributed by atoms with E-state index in [1.54, 1.807) is 0 Å². The van der Waals surface area contributed by atoms with Gasteiger partial charge in [-0.1, -0.05) is 12.1 Å². The molecule has 2 nitrogen and oxygen atoms in total. The smallest absolute Gasteiger partial charge is 0.179 e. The van der Waals surface area contributed by atoms with Crippen molar-refractivity contribution in [1.82, 2.24) is 5.32 Å². The molecule has 1 aromatic rings. The van der Waals surface area contributed by atoms with Gasteiger partial charge in [-0.25, -0.2) is 0 Å². The molecular formula is C16H23NO. The van der Waals surface area contributed by atoms with Crippen LogP contribution in [0.25, 0.3) is 0 Å². The van der Waals surface area contributed by atoms with Crippen LogP contribution in [0.4, 0.5) is 0 Å². The first-order valence-corrected chi connectivity index (χ1v) is 6.80. The van der Waals surface area contributed by atoms with Crippen LogP contribution in [0.15, 0.2) is 18.2 Å². The monoisotopic (exact) mass is 245 g/mol. The van der Waals surface area contributed by atoms with Crippen molar-refractivity contribution in [2.24, 2.45) is 0 Å². The first kappa shape index (κ1) is 13.3. The van der Waals surface area contributed by atoms with Crippen molar-refractivity contribution >= 4 is 5.78 Å². The number of aryl methyl sites for hydroxylation is 2. The molecule has 2 rings (SSSR count). The third kappa shape index (κ3) is 2.99. The van der Waals surface area contributed by atoms with Crippen LogP contribution in [-0.4, -0.2) is 17.4 Å². The Morgan fingerprint density at radius 3 is 2.56 bits per heavy atom. The number of hydrogen-bond acceptors (Lipinski definition) is 2. The summed E-state index contributed by atoms with van der Waals surface area (Å²) in [7, 11) is 0. The summed E-state index contributed by atoms with van der Waals surface area (Å²) < 4.78 is 0. The zero-order chi connectivity index (χ0) is 13.3. The van der Waals surface area contributed by atoms with E-state index < -0.39 is 0 Å². The zero-order valence-electron chi connectivity index (χ0n) is 11.8. The van der Waals surface area contributed by atoms with Crippen molar-refractivity contribution < 1.29 is 4.79 Å². The molecule has 1 aliphatic rings. The Labute approximate surface area is 110 Å². The summed E-state index contributed by atoms with van der Waals surface area (Å²) in [4.78, 5) is 12.4. The number of carbonyl (C=O) groups excluding carboxylic acids is 1. The van der Waals surface area contributed by atoms with Gasteiger partial charge in [0.1, 0.15) is 0 Å². The Balaban J connectivity index is 2.14. The highest BCUT2D eigenvalue weighted by Gasteiger charge is 2.21. The summed E-state index contributed by atoms with van der Waals surface area (Å²) in [5.41, 5.74) is 3.60. The molecule has 18 heavy (non-hydrogen) atoms. The summed E-state index contributed by atoms with van der Waals surface area (Å²) >= 11 is 0. The quantitative estimate of drug-likeness (QED) is 0.829. The maximum absolute atomic E-state index is 12.4. The maximum atomic E-state index is 12.4. The van der Waals surface area contributed by atoms with E-state index in [0.29, 0.717) is 0 Å². The molecule has 0 bridgehead atoms. The Kier molecular flexibility index (Phi) is 3.58. The van der Waals surface area contributed by atoms with Gasteiger partial charge in [-0.15, -0.1) is 0 Å². The number of ketones is 1. The molecule has 0 aliphatic heterocycles. The van der Waals surface area contributed by atoms with Crippen molar-refractivity contribution in [3.8, 4) is 0 Å². The zero-order valence-corrected chi connectivity index (χ0v) is 11.8. The Morgan fingerprint density at radius 2 is 1.89 bits per heavy atom. The van der Waals surface area contributed by atoms with Gasteiger partial charge in [0.15, 0.2) is 5.78 Å². The lowest BCUT2D eigenvalue weighted by Gasteiger charge is -2.25. The van der Waals surface area contributed by atoms with Crippen LogP contribution in [0.1, 0.15) is 55.6 Å². The molecule has 0 saturated carbocycles. The van der Waals surface area contributed by atoms with Crippen LogP contribution in [0, 0.1) is 0 Å². The number of benzene rings is 1. The van der Waals surface area contributed by atoms with Gasteiger partial charge in [0.2, 0.25) is 0 Å². The largest absolute Gasteiger partial charge is 0.303 e. The van der Waals surface area contributed by atoms with Gasteiger partial charge in [0.25, 0.3) is 0 Å². The molecule has 98 valence electrons. The molecule has 0 spiro atoms. The van der Waals surface area contributed by atoms with Crippen LogP contribution >= 0.6 is 0 Å². The third-order valence-corrected chi connectivity index (χ3v) is 3.43. The molecule has 1 unspecified atom stereocenters. The second-order valence-corrected chi connectivity index (χ2v) is 6.32. The summed E-state index contributed by atoms with van der Waals surface area (Å²) in [6, 6.07) is 6.06. The lowest BCUT2D eigenvalue weighted by molar-refractivity contribution is 0.0935. The highest BCUT2D eigenvalue weighted by Crippen LogP contribution is 2.23. The number of rotatable bonds is 3. The van der Waals surface area contributed by atoms with Crippen LogP contribution in [0.5, 0.6) is 0 Å². The third-order valence-electron chi connectivity index (χ3n) is 3.43. The molecule has 0 fully saturated rings. The van der Waals surface area contributed by atoms with Crippen molar-refractivity contribution in [1.29, 1.82) is 0 Å². The number of nitrogens with one attached hydrogen (secondary N) is 1.